The molecule has 0 aliphatic carbocycles. The van der Waals surface area contributed by atoms with Crippen LogP contribution < -0.4 is 5.73 Å². The van der Waals surface area contributed by atoms with Crippen LogP contribution in [0.5, 0.6) is 0 Å². The number of hydrogen-bond donors (Lipinski definition) is 1. The quantitative estimate of drug-likeness (QED) is 0.650. The Morgan fingerprint density at radius 2 is 1.09 bits per heavy atom. The van der Waals surface area contributed by atoms with E-state index in [1.807, 2.05) is 6.07 Å². The topological polar surface area (TPSA) is 26.0 Å². The van der Waals surface area contributed by atoms with Crippen molar-refractivity contribution in [1.82, 2.24) is 0 Å². The van der Waals surface area contributed by atoms with Gasteiger partial charge in [-0.1, -0.05) is 80.4 Å². The van der Waals surface area contributed by atoms with Crippen molar-refractivity contribution in [3.63, 3.8) is 0 Å². The average Bonchev–Trinajstić information content (AvgIpc) is 2.58. The van der Waals surface area contributed by atoms with E-state index in [4.69, 9.17) is 5.73 Å². The van der Waals surface area contributed by atoms with E-state index in [0.717, 1.165) is 19.4 Å². The van der Waals surface area contributed by atoms with Crippen LogP contribution >= 0.6 is 0 Å². The summed E-state index contributed by atoms with van der Waals surface area (Å²) in [7, 11) is 0. The predicted molar refractivity (Wildman–Crippen MR) is 98.1 cm³/mol. The van der Waals surface area contributed by atoms with E-state index >= 15 is 0 Å². The van der Waals surface area contributed by atoms with Crippen LogP contribution in [0.4, 0.5) is 0 Å². The lowest BCUT2D eigenvalue weighted by Gasteiger charge is -1.98. The lowest BCUT2D eigenvalue weighted by molar-refractivity contribution is 0.717. The Labute approximate surface area is 136 Å². The average molecular weight is 297 g/mol. The Hall–Kier alpha value is -1.60. The predicted octanol–water partition coefficient (Wildman–Crippen LogP) is 5.39. The second-order valence-corrected chi connectivity index (χ2v) is 5.67. The Bertz CT molecular complexity index is 404. The number of benzene rings is 2. The molecule has 2 aromatic carbocycles. The number of hydrogen-bond acceptors (Lipinski definition) is 1. The smallest absolute Gasteiger partial charge is 0.00772 e. The number of unbranched alkanes of at least 4 members (excludes halogenated alkanes) is 3. The third-order valence-corrected chi connectivity index (χ3v) is 3.67. The van der Waals surface area contributed by atoms with Crippen LogP contribution in [0, 0.1) is 0 Å². The maximum atomic E-state index is 5.39. The first-order chi connectivity index (χ1) is 10.9. The summed E-state index contributed by atoms with van der Waals surface area (Å²) in [6.45, 7) is 3.05. The fourth-order valence-corrected chi connectivity index (χ4v) is 2.34. The largest absolute Gasteiger partial charge is 0.330 e. The van der Waals surface area contributed by atoms with Crippen LogP contribution in [0.2, 0.25) is 0 Å². The van der Waals surface area contributed by atoms with Crippen molar-refractivity contribution in [1.29, 1.82) is 0 Å². The number of aryl methyl sites for hydroxylation is 2. The zero-order valence-corrected chi connectivity index (χ0v) is 14.0. The monoisotopic (exact) mass is 297 g/mol. The molecular formula is C21H31N. The highest BCUT2D eigenvalue weighted by atomic mass is 14.5. The highest BCUT2D eigenvalue weighted by Crippen LogP contribution is 2.05. The first kappa shape index (κ1) is 18.4. The molecule has 2 N–H and O–H groups in total. The third kappa shape index (κ3) is 9.36. The Kier molecular flexibility index (Phi) is 11.0. The normalized spacial score (nSPS) is 9.91. The summed E-state index contributed by atoms with van der Waals surface area (Å²) in [5.41, 5.74) is 8.28. The lowest BCUT2D eigenvalue weighted by Crippen LogP contribution is -1.98. The maximum absolute atomic E-state index is 5.39. The zero-order chi connectivity index (χ0) is 15.9. The van der Waals surface area contributed by atoms with E-state index in [1.54, 1.807) is 0 Å². The van der Waals surface area contributed by atoms with Crippen LogP contribution in [0.1, 0.15) is 50.2 Å². The maximum Gasteiger partial charge on any atom is -0.00772 e. The summed E-state index contributed by atoms with van der Waals surface area (Å²) in [5, 5.41) is 0. The van der Waals surface area contributed by atoms with Crippen LogP contribution in [0.3, 0.4) is 0 Å². The van der Waals surface area contributed by atoms with Gasteiger partial charge >= 0.3 is 0 Å². The molecule has 0 aliphatic rings. The van der Waals surface area contributed by atoms with Gasteiger partial charge in [0.1, 0.15) is 0 Å². The summed E-state index contributed by atoms with van der Waals surface area (Å²) in [6, 6.07) is 21.2. The molecule has 120 valence electrons. The minimum absolute atomic E-state index is 0.812. The molecule has 0 amide bonds. The molecule has 1 heteroatoms. The fraction of sp³-hybridized carbons (Fsp3) is 0.429. The van der Waals surface area contributed by atoms with Gasteiger partial charge < -0.3 is 5.73 Å². The molecule has 2 rings (SSSR count). The van der Waals surface area contributed by atoms with Gasteiger partial charge in [0, 0.05) is 0 Å². The molecule has 0 aliphatic heterocycles. The molecule has 22 heavy (non-hydrogen) atoms. The molecule has 0 fully saturated rings. The molecular weight excluding hydrogens is 266 g/mol. The molecule has 0 saturated heterocycles. The van der Waals surface area contributed by atoms with Crippen LogP contribution in [-0.4, -0.2) is 6.54 Å². The molecule has 0 unspecified atom stereocenters. The first-order valence-electron chi connectivity index (χ1n) is 8.64. The minimum Gasteiger partial charge on any atom is -0.330 e. The summed E-state index contributed by atoms with van der Waals surface area (Å²) in [6.07, 6.45) is 8.75. The van der Waals surface area contributed by atoms with Gasteiger partial charge in [-0.15, -0.1) is 0 Å². The summed E-state index contributed by atoms with van der Waals surface area (Å²) in [4.78, 5) is 0. The molecule has 2 aromatic rings. The Balaban J connectivity index is 0.000000220. The van der Waals surface area contributed by atoms with Gasteiger partial charge in [0.2, 0.25) is 0 Å². The van der Waals surface area contributed by atoms with Crippen molar-refractivity contribution < 1.29 is 0 Å². The van der Waals surface area contributed by atoms with E-state index in [-0.39, 0.29) is 0 Å². The molecule has 0 aromatic heterocycles. The van der Waals surface area contributed by atoms with E-state index in [1.165, 1.54) is 43.2 Å². The minimum atomic E-state index is 0.812. The van der Waals surface area contributed by atoms with Crippen molar-refractivity contribution in [3.05, 3.63) is 71.8 Å². The Morgan fingerprint density at radius 3 is 1.50 bits per heavy atom. The molecule has 0 heterocycles. The second-order valence-electron chi connectivity index (χ2n) is 5.67. The third-order valence-electron chi connectivity index (χ3n) is 3.67. The number of rotatable bonds is 8. The molecule has 0 atom stereocenters. The Morgan fingerprint density at radius 1 is 0.636 bits per heavy atom. The zero-order valence-electron chi connectivity index (χ0n) is 14.0. The van der Waals surface area contributed by atoms with E-state index in [9.17, 15) is 0 Å². The SMILES string of the molecule is CCCCCc1ccccc1.NCCCCc1ccccc1. The lowest BCUT2D eigenvalue weighted by atomic mass is 10.1. The molecule has 0 radical (unpaired) electrons. The molecule has 0 saturated carbocycles. The van der Waals surface area contributed by atoms with Crippen LogP contribution in [0.25, 0.3) is 0 Å². The van der Waals surface area contributed by atoms with Gasteiger partial charge in [-0.3, -0.25) is 0 Å². The van der Waals surface area contributed by atoms with Crippen molar-refractivity contribution >= 4 is 0 Å². The second kappa shape index (κ2) is 13.1. The highest BCUT2D eigenvalue weighted by Gasteiger charge is 1.90. The van der Waals surface area contributed by atoms with Gasteiger partial charge in [-0.2, -0.15) is 0 Å². The van der Waals surface area contributed by atoms with Gasteiger partial charge in [-0.25, -0.2) is 0 Å². The van der Waals surface area contributed by atoms with Crippen molar-refractivity contribution in [2.24, 2.45) is 5.73 Å². The van der Waals surface area contributed by atoms with Gasteiger partial charge in [0.05, 0.1) is 0 Å². The molecule has 1 nitrogen and oxygen atoms in total. The van der Waals surface area contributed by atoms with Crippen molar-refractivity contribution in [3.8, 4) is 0 Å². The standard InChI is InChI=1S/C11H16.C10H15N/c1-2-3-5-8-11-9-6-4-7-10-11;11-9-5-4-8-10-6-2-1-3-7-10/h4,6-7,9-10H,2-3,5,8H2,1H3;1-3,6-7H,4-5,8-9,11H2. The van der Waals surface area contributed by atoms with Crippen LogP contribution in [-0.2, 0) is 12.8 Å². The van der Waals surface area contributed by atoms with E-state index < -0.39 is 0 Å². The van der Waals surface area contributed by atoms with E-state index in [0.29, 0.717) is 0 Å². The van der Waals surface area contributed by atoms with Crippen molar-refractivity contribution in [2.75, 3.05) is 6.54 Å². The van der Waals surface area contributed by atoms with E-state index in [2.05, 4.69) is 61.5 Å². The van der Waals surface area contributed by atoms with Crippen molar-refractivity contribution in [2.45, 2.75) is 51.9 Å². The summed E-state index contributed by atoms with van der Waals surface area (Å²) in [5.74, 6) is 0. The highest BCUT2D eigenvalue weighted by molar-refractivity contribution is 5.15. The van der Waals surface area contributed by atoms with Gasteiger partial charge in [0.25, 0.3) is 0 Å². The van der Waals surface area contributed by atoms with Crippen LogP contribution in [0.15, 0.2) is 60.7 Å². The van der Waals surface area contributed by atoms with Gasteiger partial charge in [-0.05, 0) is 49.8 Å². The first-order valence-corrected chi connectivity index (χ1v) is 8.64. The summed E-state index contributed by atoms with van der Waals surface area (Å²) < 4.78 is 0. The van der Waals surface area contributed by atoms with Gasteiger partial charge in [0.15, 0.2) is 0 Å². The molecule has 0 spiro atoms. The number of nitrogens with two attached hydrogens (primary N) is 1. The molecule has 0 bridgehead atoms. The fourth-order valence-electron chi connectivity index (χ4n) is 2.34. The summed E-state index contributed by atoms with van der Waals surface area (Å²) >= 11 is 0.